The average molecular weight is 398 g/mol. The third kappa shape index (κ3) is 7.90. The first-order valence-corrected chi connectivity index (χ1v) is 10.8. The molecule has 1 aliphatic rings. The summed E-state index contributed by atoms with van der Waals surface area (Å²) in [6, 6.07) is 20.9. The summed E-state index contributed by atoms with van der Waals surface area (Å²) in [7, 11) is 0. The number of piperidine rings is 1. The quantitative estimate of drug-likeness (QED) is 0.515. The van der Waals surface area contributed by atoms with E-state index in [-0.39, 0.29) is 11.7 Å². The topological polar surface area (TPSA) is 30.9 Å². The van der Waals surface area contributed by atoms with Crippen molar-refractivity contribution >= 4 is 0 Å². The molecule has 2 aromatic carbocycles. The van der Waals surface area contributed by atoms with Gasteiger partial charge in [0.25, 0.3) is 0 Å². The largest absolute Gasteiger partial charge is 0.376 e. The predicted octanol–water partition coefficient (Wildman–Crippen LogP) is 4.68. The summed E-state index contributed by atoms with van der Waals surface area (Å²) in [5.74, 6) is 0. The molecule has 3 rings (SSSR count). The number of rotatable bonds is 11. The van der Waals surface area contributed by atoms with Crippen molar-refractivity contribution in [2.45, 2.75) is 51.5 Å². The van der Waals surface area contributed by atoms with Gasteiger partial charge in [0, 0.05) is 19.6 Å². The van der Waals surface area contributed by atoms with E-state index < -0.39 is 0 Å². The molecule has 0 amide bonds. The van der Waals surface area contributed by atoms with E-state index in [0.717, 1.165) is 32.5 Å². The van der Waals surface area contributed by atoms with Crippen LogP contribution in [0.25, 0.3) is 0 Å². The highest BCUT2D eigenvalue weighted by molar-refractivity contribution is 5.15. The molecule has 0 aliphatic carbocycles. The number of benzene rings is 2. The van der Waals surface area contributed by atoms with E-state index in [1.165, 1.54) is 11.1 Å². The van der Waals surface area contributed by atoms with E-state index in [2.05, 4.69) is 54.3 Å². The van der Waals surface area contributed by atoms with E-state index in [1.54, 1.807) is 0 Å². The third-order valence-corrected chi connectivity index (χ3v) is 5.57. The van der Waals surface area contributed by atoms with Gasteiger partial charge >= 0.3 is 0 Å². The Balaban J connectivity index is 1.25. The van der Waals surface area contributed by atoms with Gasteiger partial charge in [-0.25, -0.2) is 0 Å². The maximum absolute atomic E-state index is 6.19. The maximum Gasteiger partial charge on any atom is 0.0785 e. The molecule has 0 spiro atoms. The van der Waals surface area contributed by atoms with Crippen LogP contribution in [0, 0.1) is 0 Å². The lowest BCUT2D eigenvalue weighted by Gasteiger charge is -2.39. The summed E-state index contributed by atoms with van der Waals surface area (Å²) >= 11 is 0. The lowest BCUT2D eigenvalue weighted by molar-refractivity contribution is -0.0960. The fourth-order valence-corrected chi connectivity index (χ4v) is 3.63. The Morgan fingerprint density at radius 1 is 0.897 bits per heavy atom. The van der Waals surface area contributed by atoms with Gasteiger partial charge in [-0.3, -0.25) is 4.90 Å². The molecule has 4 heteroatoms. The van der Waals surface area contributed by atoms with E-state index in [9.17, 15) is 0 Å². The highest BCUT2D eigenvalue weighted by Gasteiger charge is 2.30. The molecule has 4 nitrogen and oxygen atoms in total. The Labute approximate surface area is 175 Å². The Kier molecular flexibility index (Phi) is 8.69. The first-order valence-electron chi connectivity index (χ1n) is 10.8. The number of hydrogen-bond acceptors (Lipinski definition) is 4. The highest BCUT2D eigenvalue weighted by Crippen LogP contribution is 2.26. The Hall–Kier alpha value is -1.72. The summed E-state index contributed by atoms with van der Waals surface area (Å²) in [4.78, 5) is 2.52. The molecule has 0 aromatic heterocycles. The van der Waals surface area contributed by atoms with Gasteiger partial charge in [0.2, 0.25) is 0 Å². The fraction of sp³-hybridized carbons (Fsp3) is 0.520. The number of hydrogen-bond donors (Lipinski definition) is 0. The zero-order valence-corrected chi connectivity index (χ0v) is 17.9. The van der Waals surface area contributed by atoms with E-state index in [0.29, 0.717) is 26.4 Å². The van der Waals surface area contributed by atoms with Gasteiger partial charge in [0.15, 0.2) is 0 Å². The lowest BCUT2D eigenvalue weighted by Crippen LogP contribution is -2.44. The molecule has 158 valence electrons. The molecular formula is C25H35NO3. The van der Waals surface area contributed by atoms with E-state index in [4.69, 9.17) is 14.2 Å². The first kappa shape index (κ1) is 22.0. The Morgan fingerprint density at radius 2 is 1.52 bits per heavy atom. The van der Waals surface area contributed by atoms with Crippen LogP contribution in [0.4, 0.5) is 0 Å². The van der Waals surface area contributed by atoms with Gasteiger partial charge in [-0.05, 0) is 37.8 Å². The van der Waals surface area contributed by atoms with Crippen molar-refractivity contribution in [3.8, 4) is 0 Å². The third-order valence-electron chi connectivity index (χ3n) is 5.57. The zero-order valence-electron chi connectivity index (χ0n) is 17.9. The Morgan fingerprint density at radius 3 is 2.17 bits per heavy atom. The van der Waals surface area contributed by atoms with Crippen LogP contribution in [0.2, 0.25) is 0 Å². The molecule has 1 unspecified atom stereocenters. The summed E-state index contributed by atoms with van der Waals surface area (Å²) in [5.41, 5.74) is 2.54. The normalized spacial score (nSPS) is 17.9. The van der Waals surface area contributed by atoms with Crippen molar-refractivity contribution in [3.63, 3.8) is 0 Å². The molecule has 1 fully saturated rings. The van der Waals surface area contributed by atoms with Gasteiger partial charge in [0.05, 0.1) is 38.1 Å². The standard InChI is InChI=1S/C25H35NO3/c1-22(28-21-24-11-7-4-8-12-24)20-27-17-18-29-25(2)13-15-26(16-14-25)19-23-9-5-3-6-10-23/h3-12,22H,13-21H2,1-2H3. The molecular weight excluding hydrogens is 362 g/mol. The smallest absolute Gasteiger partial charge is 0.0785 e. The maximum atomic E-state index is 6.19. The second-order valence-corrected chi connectivity index (χ2v) is 8.24. The lowest BCUT2D eigenvalue weighted by atomic mass is 9.93. The highest BCUT2D eigenvalue weighted by atomic mass is 16.6. The van der Waals surface area contributed by atoms with Gasteiger partial charge in [-0.15, -0.1) is 0 Å². The van der Waals surface area contributed by atoms with Crippen LogP contribution in [-0.2, 0) is 27.4 Å². The zero-order chi connectivity index (χ0) is 20.4. The number of likely N-dealkylation sites (tertiary alicyclic amines) is 1. The van der Waals surface area contributed by atoms with Crippen molar-refractivity contribution in [2.75, 3.05) is 32.9 Å². The minimum Gasteiger partial charge on any atom is -0.376 e. The second-order valence-electron chi connectivity index (χ2n) is 8.24. The van der Waals surface area contributed by atoms with Crippen molar-refractivity contribution in [1.29, 1.82) is 0 Å². The number of ether oxygens (including phenoxy) is 3. The van der Waals surface area contributed by atoms with Crippen molar-refractivity contribution < 1.29 is 14.2 Å². The Bertz CT molecular complexity index is 684. The van der Waals surface area contributed by atoms with Gasteiger partial charge in [-0.2, -0.15) is 0 Å². The SMILES string of the molecule is CC(COCCOC1(C)CCN(Cc2ccccc2)CC1)OCc1ccccc1. The van der Waals surface area contributed by atoms with Crippen molar-refractivity contribution in [1.82, 2.24) is 4.90 Å². The first-order chi connectivity index (χ1) is 14.1. The summed E-state index contributed by atoms with van der Waals surface area (Å²) in [6.45, 7) is 9.94. The second kappa shape index (κ2) is 11.5. The number of nitrogens with zero attached hydrogens (tertiary/aromatic N) is 1. The fourth-order valence-electron chi connectivity index (χ4n) is 3.63. The van der Waals surface area contributed by atoms with Crippen LogP contribution in [0.5, 0.6) is 0 Å². The van der Waals surface area contributed by atoms with Crippen LogP contribution in [-0.4, -0.2) is 49.5 Å². The molecule has 0 saturated carbocycles. The molecule has 1 aliphatic heterocycles. The van der Waals surface area contributed by atoms with Crippen LogP contribution in [0.3, 0.4) is 0 Å². The van der Waals surface area contributed by atoms with Crippen LogP contribution in [0.15, 0.2) is 60.7 Å². The molecule has 1 heterocycles. The van der Waals surface area contributed by atoms with Gasteiger partial charge < -0.3 is 14.2 Å². The van der Waals surface area contributed by atoms with E-state index in [1.807, 2.05) is 25.1 Å². The van der Waals surface area contributed by atoms with Crippen LogP contribution < -0.4 is 0 Å². The minimum atomic E-state index is -0.0357. The van der Waals surface area contributed by atoms with Crippen molar-refractivity contribution in [2.24, 2.45) is 0 Å². The van der Waals surface area contributed by atoms with Crippen LogP contribution in [0.1, 0.15) is 37.8 Å². The van der Waals surface area contributed by atoms with Gasteiger partial charge in [-0.1, -0.05) is 60.7 Å². The minimum absolute atomic E-state index is 0.0357. The van der Waals surface area contributed by atoms with E-state index >= 15 is 0 Å². The molecule has 1 saturated heterocycles. The molecule has 0 radical (unpaired) electrons. The predicted molar refractivity (Wildman–Crippen MR) is 117 cm³/mol. The summed E-state index contributed by atoms with van der Waals surface area (Å²) in [5, 5.41) is 0. The summed E-state index contributed by atoms with van der Waals surface area (Å²) in [6.07, 6.45) is 2.21. The average Bonchev–Trinajstić information content (AvgIpc) is 2.75. The molecule has 0 bridgehead atoms. The molecule has 29 heavy (non-hydrogen) atoms. The molecule has 2 aromatic rings. The molecule has 1 atom stereocenters. The summed E-state index contributed by atoms with van der Waals surface area (Å²) < 4.78 is 17.8. The monoisotopic (exact) mass is 397 g/mol. The van der Waals surface area contributed by atoms with Gasteiger partial charge in [0.1, 0.15) is 0 Å². The van der Waals surface area contributed by atoms with Crippen molar-refractivity contribution in [3.05, 3.63) is 71.8 Å². The van der Waals surface area contributed by atoms with Crippen LogP contribution >= 0.6 is 0 Å². The molecule has 0 N–H and O–H groups in total.